The molecule has 1 amide bonds. The monoisotopic (exact) mass is 349 g/mol. The molecule has 0 radical (unpaired) electrons. The lowest BCUT2D eigenvalue weighted by molar-refractivity contribution is 0.0950. The number of primary sulfonamides is 1. The lowest BCUT2D eigenvalue weighted by Gasteiger charge is -2.10. The summed E-state index contributed by atoms with van der Waals surface area (Å²) in [4.78, 5) is 26.8. The van der Waals surface area contributed by atoms with Crippen molar-refractivity contribution in [3.8, 4) is 0 Å². The smallest absolute Gasteiger partial charge is 0.253 e. The number of amides is 1. The molecule has 1 heterocycles. The molecule has 1 aromatic heterocycles. The topological polar surface area (TPSA) is 122 Å². The molecule has 8 heteroatoms. The molecule has 4 N–H and O–H groups in total. The summed E-state index contributed by atoms with van der Waals surface area (Å²) in [6, 6.07) is 6.06. The fraction of sp³-hybridized carbons (Fsp3) is 0.250. The number of hydrogen-bond acceptors (Lipinski definition) is 4. The third-order valence-corrected chi connectivity index (χ3v) is 4.73. The summed E-state index contributed by atoms with van der Waals surface area (Å²) >= 11 is 0. The zero-order valence-electron chi connectivity index (χ0n) is 13.6. The van der Waals surface area contributed by atoms with Gasteiger partial charge in [0.05, 0.1) is 4.90 Å². The van der Waals surface area contributed by atoms with E-state index in [0.717, 1.165) is 11.3 Å². The lowest BCUT2D eigenvalue weighted by Crippen LogP contribution is -2.28. The van der Waals surface area contributed by atoms with Gasteiger partial charge < -0.3 is 10.3 Å². The fourth-order valence-corrected chi connectivity index (χ4v) is 3.23. The number of hydrogen-bond donors (Lipinski definition) is 3. The first kappa shape index (κ1) is 17.9. The third-order valence-electron chi connectivity index (χ3n) is 3.68. The van der Waals surface area contributed by atoms with Gasteiger partial charge in [0.2, 0.25) is 10.0 Å². The highest BCUT2D eigenvalue weighted by Gasteiger charge is 2.15. The molecule has 1 aromatic carbocycles. The normalized spacial score (nSPS) is 11.3. The van der Waals surface area contributed by atoms with Gasteiger partial charge in [-0.05, 0) is 50.1 Å². The van der Waals surface area contributed by atoms with Crippen LogP contribution in [0.15, 0.2) is 34.0 Å². The molecule has 0 aliphatic heterocycles. The Morgan fingerprint density at radius 2 is 1.83 bits per heavy atom. The molecule has 0 spiro atoms. The molecule has 24 heavy (non-hydrogen) atoms. The maximum Gasteiger partial charge on any atom is 0.253 e. The van der Waals surface area contributed by atoms with Gasteiger partial charge in [-0.15, -0.1) is 0 Å². The largest absolute Gasteiger partial charge is 0.348 e. The number of nitrogens with one attached hydrogen (secondary N) is 2. The number of sulfonamides is 1. The fourth-order valence-electron chi connectivity index (χ4n) is 2.42. The molecule has 0 aliphatic carbocycles. The first-order chi connectivity index (χ1) is 11.1. The minimum absolute atomic E-state index is 0.0405. The van der Waals surface area contributed by atoms with Crippen LogP contribution in [-0.4, -0.2) is 19.3 Å². The van der Waals surface area contributed by atoms with Crippen LogP contribution < -0.4 is 16.0 Å². The van der Waals surface area contributed by atoms with Crippen molar-refractivity contribution >= 4 is 15.9 Å². The number of rotatable bonds is 4. The van der Waals surface area contributed by atoms with Crippen molar-refractivity contribution in [1.82, 2.24) is 10.3 Å². The Morgan fingerprint density at radius 3 is 2.42 bits per heavy atom. The van der Waals surface area contributed by atoms with Crippen molar-refractivity contribution in [2.75, 3.05) is 0 Å². The van der Waals surface area contributed by atoms with Crippen LogP contribution in [-0.2, 0) is 16.6 Å². The Bertz CT molecular complexity index is 962. The molecule has 7 nitrogen and oxygen atoms in total. The van der Waals surface area contributed by atoms with Crippen LogP contribution in [0.3, 0.4) is 0 Å². The summed E-state index contributed by atoms with van der Waals surface area (Å²) in [7, 11) is -3.91. The lowest BCUT2D eigenvalue weighted by atomic mass is 10.1. The Labute approximate surface area is 140 Å². The minimum Gasteiger partial charge on any atom is -0.348 e. The van der Waals surface area contributed by atoms with Crippen molar-refractivity contribution in [2.24, 2.45) is 5.14 Å². The van der Waals surface area contributed by atoms with Gasteiger partial charge in [-0.3, -0.25) is 9.59 Å². The molecule has 0 atom stereocenters. The van der Waals surface area contributed by atoms with Crippen LogP contribution in [0.4, 0.5) is 0 Å². The van der Waals surface area contributed by atoms with E-state index in [-0.39, 0.29) is 22.6 Å². The van der Waals surface area contributed by atoms with Crippen molar-refractivity contribution in [3.05, 3.63) is 62.6 Å². The molecule has 0 fully saturated rings. The third kappa shape index (κ3) is 3.90. The number of H-pyrrole nitrogens is 1. The Balaban J connectivity index is 2.24. The molecule has 2 aromatic rings. The van der Waals surface area contributed by atoms with Gasteiger partial charge >= 0.3 is 0 Å². The van der Waals surface area contributed by atoms with Crippen molar-refractivity contribution in [1.29, 1.82) is 0 Å². The Kier molecular flexibility index (Phi) is 4.91. The number of aromatic amines is 1. The standard InChI is InChI=1S/C16H19N3O4S/c1-9-4-5-12(7-14(9)24(17,22)23)15(20)18-8-13-10(2)6-11(3)19-16(13)21/h4-7H,8H2,1-3H3,(H,18,20)(H,19,21)(H2,17,22,23). The first-order valence-electron chi connectivity index (χ1n) is 7.20. The van der Waals surface area contributed by atoms with Gasteiger partial charge in [0.25, 0.3) is 11.5 Å². The highest BCUT2D eigenvalue weighted by atomic mass is 32.2. The summed E-state index contributed by atoms with van der Waals surface area (Å²) < 4.78 is 23.1. The highest BCUT2D eigenvalue weighted by Crippen LogP contribution is 2.15. The quantitative estimate of drug-likeness (QED) is 0.758. The number of aryl methyl sites for hydroxylation is 3. The molecule has 0 saturated heterocycles. The summed E-state index contributed by atoms with van der Waals surface area (Å²) in [5.41, 5.74) is 2.31. The Morgan fingerprint density at radius 1 is 1.17 bits per heavy atom. The predicted molar refractivity (Wildman–Crippen MR) is 90.3 cm³/mol. The number of carbonyl (C=O) groups is 1. The van der Waals surface area contributed by atoms with Gasteiger partial charge in [0.15, 0.2) is 0 Å². The van der Waals surface area contributed by atoms with Crippen LogP contribution in [0.1, 0.15) is 32.7 Å². The number of benzene rings is 1. The second kappa shape index (κ2) is 6.58. The average molecular weight is 349 g/mol. The number of aromatic nitrogens is 1. The van der Waals surface area contributed by atoms with Crippen LogP contribution in [0.5, 0.6) is 0 Å². The number of nitrogens with two attached hydrogens (primary N) is 1. The first-order valence-corrected chi connectivity index (χ1v) is 8.75. The molecule has 2 rings (SSSR count). The van der Waals surface area contributed by atoms with E-state index in [1.807, 2.05) is 6.07 Å². The van der Waals surface area contributed by atoms with Crippen LogP contribution in [0, 0.1) is 20.8 Å². The molecule has 0 saturated carbocycles. The highest BCUT2D eigenvalue weighted by molar-refractivity contribution is 7.89. The number of carbonyl (C=O) groups excluding carboxylic acids is 1. The average Bonchev–Trinajstić information content (AvgIpc) is 2.45. The summed E-state index contributed by atoms with van der Waals surface area (Å²) in [5.74, 6) is -0.487. The van der Waals surface area contributed by atoms with Gasteiger partial charge in [0.1, 0.15) is 0 Å². The van der Waals surface area contributed by atoms with Crippen molar-refractivity contribution in [2.45, 2.75) is 32.2 Å². The summed E-state index contributed by atoms with van der Waals surface area (Å²) in [6.45, 7) is 5.20. The van der Waals surface area contributed by atoms with Crippen LogP contribution in [0.25, 0.3) is 0 Å². The second-order valence-corrected chi connectivity index (χ2v) is 7.18. The van der Waals surface area contributed by atoms with Crippen molar-refractivity contribution < 1.29 is 13.2 Å². The molecule has 0 aliphatic rings. The van der Waals surface area contributed by atoms with E-state index >= 15 is 0 Å². The second-order valence-electron chi connectivity index (χ2n) is 5.65. The van der Waals surface area contributed by atoms with E-state index in [1.54, 1.807) is 20.8 Å². The SMILES string of the molecule is Cc1cc(C)c(CNC(=O)c2ccc(C)c(S(N)(=O)=O)c2)c(=O)[nH]1. The minimum atomic E-state index is -3.91. The molecular formula is C16H19N3O4S. The number of pyridine rings is 1. The molecule has 0 unspecified atom stereocenters. The summed E-state index contributed by atoms with van der Waals surface area (Å²) in [5, 5.41) is 7.76. The van der Waals surface area contributed by atoms with Crippen molar-refractivity contribution in [3.63, 3.8) is 0 Å². The van der Waals surface area contributed by atoms with Gasteiger partial charge in [-0.2, -0.15) is 0 Å². The van der Waals surface area contributed by atoms with Crippen LogP contribution in [0.2, 0.25) is 0 Å². The van der Waals surface area contributed by atoms with E-state index in [0.29, 0.717) is 11.1 Å². The van der Waals surface area contributed by atoms with E-state index in [1.165, 1.54) is 18.2 Å². The maximum absolute atomic E-state index is 12.2. The van der Waals surface area contributed by atoms with Gasteiger partial charge in [0, 0.05) is 23.4 Å². The molecule has 0 bridgehead atoms. The van der Waals surface area contributed by atoms with Crippen LogP contribution >= 0.6 is 0 Å². The van der Waals surface area contributed by atoms with E-state index in [4.69, 9.17) is 5.14 Å². The van der Waals surface area contributed by atoms with Gasteiger partial charge in [-0.1, -0.05) is 6.07 Å². The van der Waals surface area contributed by atoms with E-state index < -0.39 is 15.9 Å². The summed E-state index contributed by atoms with van der Waals surface area (Å²) in [6.07, 6.45) is 0. The molecule has 128 valence electrons. The molecular weight excluding hydrogens is 330 g/mol. The predicted octanol–water partition coefficient (Wildman–Crippen LogP) is 0.878. The maximum atomic E-state index is 12.2. The van der Waals surface area contributed by atoms with E-state index in [9.17, 15) is 18.0 Å². The Hall–Kier alpha value is -2.45. The zero-order chi connectivity index (χ0) is 18.1. The van der Waals surface area contributed by atoms with Gasteiger partial charge in [-0.25, -0.2) is 13.6 Å². The van der Waals surface area contributed by atoms with E-state index in [2.05, 4.69) is 10.3 Å². The zero-order valence-corrected chi connectivity index (χ0v) is 14.5.